The highest BCUT2D eigenvalue weighted by Gasteiger charge is 2.31. The number of likely N-dealkylation sites (N-methyl/N-ethyl adjacent to an activating group) is 1. The van der Waals surface area contributed by atoms with E-state index in [0.717, 1.165) is 30.3 Å². The van der Waals surface area contributed by atoms with E-state index in [0.29, 0.717) is 36.5 Å². The van der Waals surface area contributed by atoms with E-state index >= 15 is 0 Å². The van der Waals surface area contributed by atoms with Gasteiger partial charge in [-0.3, -0.25) is 14.3 Å². The molecule has 10 heteroatoms. The second-order valence-electron chi connectivity index (χ2n) is 11.6. The maximum Gasteiger partial charge on any atom is 0.263 e. The van der Waals surface area contributed by atoms with Gasteiger partial charge in [-0.05, 0) is 64.5 Å². The zero-order chi connectivity index (χ0) is 30.9. The van der Waals surface area contributed by atoms with Gasteiger partial charge >= 0.3 is 0 Å². The lowest BCUT2D eigenvalue weighted by Crippen LogP contribution is -2.44. The van der Waals surface area contributed by atoms with Crippen molar-refractivity contribution in [3.8, 4) is 0 Å². The predicted octanol–water partition coefficient (Wildman–Crippen LogP) is 3.41. The molecule has 42 heavy (non-hydrogen) atoms. The van der Waals surface area contributed by atoms with Gasteiger partial charge in [0.1, 0.15) is 12.1 Å². The Kier molecular flexibility index (Phi) is 11.6. The molecular weight excluding hydrogens is 532 g/mol. The third-order valence-electron chi connectivity index (χ3n) is 7.57. The molecule has 3 atom stereocenters. The van der Waals surface area contributed by atoms with E-state index < -0.39 is 11.6 Å². The van der Waals surface area contributed by atoms with Gasteiger partial charge in [-0.15, -0.1) is 0 Å². The number of hydrogen-bond donors (Lipinski definition) is 4. The zero-order valence-corrected chi connectivity index (χ0v) is 25.5. The van der Waals surface area contributed by atoms with Crippen molar-refractivity contribution in [3.05, 3.63) is 84.2 Å². The average Bonchev–Trinajstić information content (AvgIpc) is 3.32. The van der Waals surface area contributed by atoms with E-state index in [4.69, 9.17) is 10.5 Å². The highest BCUT2D eigenvalue weighted by atomic mass is 16.5. The van der Waals surface area contributed by atoms with Crippen molar-refractivity contribution in [2.75, 3.05) is 47.5 Å². The van der Waals surface area contributed by atoms with Crippen molar-refractivity contribution in [1.82, 2.24) is 24.8 Å². The van der Waals surface area contributed by atoms with Crippen LogP contribution in [0.5, 0.6) is 0 Å². The van der Waals surface area contributed by atoms with Crippen LogP contribution < -0.4 is 11.1 Å². The number of methoxy groups -OCH3 is 1. The molecule has 2 aromatic heterocycles. The van der Waals surface area contributed by atoms with Gasteiger partial charge in [0.2, 0.25) is 0 Å². The lowest BCUT2D eigenvalue weighted by atomic mass is 9.85. The highest BCUT2D eigenvalue weighted by molar-refractivity contribution is 6.02. The van der Waals surface area contributed by atoms with Gasteiger partial charge in [-0.1, -0.05) is 43.9 Å². The molecule has 0 saturated carbocycles. The Morgan fingerprint density at radius 2 is 2.00 bits per heavy atom. The van der Waals surface area contributed by atoms with E-state index in [9.17, 15) is 15.0 Å². The summed E-state index contributed by atoms with van der Waals surface area (Å²) in [5, 5.41) is 23.6. The first-order valence-corrected chi connectivity index (χ1v) is 14.2. The number of benzene rings is 1. The maximum absolute atomic E-state index is 13.5. The van der Waals surface area contributed by atoms with Crippen LogP contribution in [0.1, 0.15) is 48.3 Å². The third kappa shape index (κ3) is 7.90. The molecule has 3 aromatic rings. The van der Waals surface area contributed by atoms with E-state index in [1.165, 1.54) is 6.33 Å². The normalized spacial score (nSPS) is 15.6. The Morgan fingerprint density at radius 3 is 2.62 bits per heavy atom. The Morgan fingerprint density at radius 1 is 1.29 bits per heavy atom. The number of nitrogens with two attached hydrogens (primary N) is 1. The van der Waals surface area contributed by atoms with Crippen LogP contribution in [0.15, 0.2) is 67.3 Å². The monoisotopic (exact) mass is 578 g/mol. The van der Waals surface area contributed by atoms with Crippen LogP contribution in [0.3, 0.4) is 0 Å². The van der Waals surface area contributed by atoms with Crippen LogP contribution >= 0.6 is 0 Å². The topological polar surface area (TPSA) is 139 Å². The zero-order valence-electron chi connectivity index (χ0n) is 25.5. The molecule has 0 aliphatic rings. The van der Waals surface area contributed by atoms with Crippen molar-refractivity contribution in [2.24, 2.45) is 11.1 Å². The van der Waals surface area contributed by atoms with Crippen molar-refractivity contribution >= 4 is 16.9 Å². The summed E-state index contributed by atoms with van der Waals surface area (Å²) in [4.78, 5) is 24.5. The van der Waals surface area contributed by atoms with E-state index in [2.05, 4.69) is 28.8 Å². The molecule has 1 aromatic carbocycles. The van der Waals surface area contributed by atoms with E-state index in [1.54, 1.807) is 23.8 Å². The highest BCUT2D eigenvalue weighted by Crippen LogP contribution is 2.32. The predicted molar refractivity (Wildman–Crippen MR) is 166 cm³/mol. The lowest BCUT2D eigenvalue weighted by Gasteiger charge is -2.36. The Labute approximate surface area is 248 Å². The molecule has 2 heterocycles. The number of aliphatic hydroxyl groups excluding tert-OH is 2. The number of carbonyl (C=O) groups excluding carboxylic acids is 1. The average molecular weight is 579 g/mol. The maximum atomic E-state index is 13.5. The largest absolute Gasteiger partial charge is 0.511 e. The summed E-state index contributed by atoms with van der Waals surface area (Å²) in [5.41, 5.74) is 8.34. The Hall–Kier alpha value is -3.41. The molecule has 0 spiro atoms. The van der Waals surface area contributed by atoms with Gasteiger partial charge in [0.25, 0.3) is 5.91 Å². The summed E-state index contributed by atoms with van der Waals surface area (Å²) in [6, 6.07) is 8.58. The van der Waals surface area contributed by atoms with Gasteiger partial charge < -0.3 is 26.0 Å². The van der Waals surface area contributed by atoms with Crippen molar-refractivity contribution in [1.29, 1.82) is 0 Å². The van der Waals surface area contributed by atoms with Crippen LogP contribution in [-0.4, -0.2) is 89.1 Å². The fourth-order valence-corrected chi connectivity index (χ4v) is 5.46. The summed E-state index contributed by atoms with van der Waals surface area (Å²) in [7, 11) is 5.40. The number of carbonyl (C=O) groups is 1. The summed E-state index contributed by atoms with van der Waals surface area (Å²) in [6.45, 7) is 9.15. The van der Waals surface area contributed by atoms with Crippen molar-refractivity contribution in [3.63, 3.8) is 0 Å². The Bertz CT molecular complexity index is 1370. The fourth-order valence-electron chi connectivity index (χ4n) is 5.46. The number of aryl methyl sites for hydroxylation is 1. The molecule has 228 valence electrons. The van der Waals surface area contributed by atoms with Crippen LogP contribution in [-0.2, 0) is 16.7 Å². The number of rotatable bonds is 16. The molecule has 0 fully saturated rings. The lowest BCUT2D eigenvalue weighted by molar-refractivity contribution is 0.0418. The first-order chi connectivity index (χ1) is 20.0. The second kappa shape index (κ2) is 14.7. The molecular formula is C32H46N6O4. The number of nitrogens with one attached hydrogen (secondary N) is 1. The Balaban J connectivity index is 1.98. The minimum Gasteiger partial charge on any atom is -0.511 e. The SMILES string of the molecule is C=C(O)C(CO)N(C)CC(C)(C/C=C\C(C)(N)c1ncnc2c1c(CCCNC)cn2C(=O)c1ccccc1)COC. The third-order valence-corrected chi connectivity index (χ3v) is 7.57. The number of aromatic nitrogens is 3. The molecule has 0 bridgehead atoms. The van der Waals surface area contributed by atoms with Crippen LogP contribution in [0.4, 0.5) is 0 Å². The minimum atomic E-state index is -0.964. The number of nitrogens with zero attached hydrogens (tertiary/aromatic N) is 4. The first-order valence-electron chi connectivity index (χ1n) is 14.2. The molecule has 3 unspecified atom stereocenters. The number of ether oxygens (including phenoxy) is 1. The van der Waals surface area contributed by atoms with Crippen molar-refractivity contribution < 1.29 is 19.7 Å². The number of fused-ring (bicyclic) bond motifs is 1. The van der Waals surface area contributed by atoms with E-state index in [-0.39, 0.29) is 23.7 Å². The smallest absolute Gasteiger partial charge is 0.263 e. The summed E-state index contributed by atoms with van der Waals surface area (Å²) in [5.74, 6) is -0.244. The molecule has 0 saturated heterocycles. The molecule has 0 aliphatic carbocycles. The minimum absolute atomic E-state index is 0.0826. The van der Waals surface area contributed by atoms with Gasteiger partial charge in [0, 0.05) is 36.2 Å². The number of allylic oxidation sites excluding steroid dienone is 1. The quantitative estimate of drug-likeness (QED) is 0.114. The van der Waals surface area contributed by atoms with Gasteiger partial charge in [-0.2, -0.15) is 0 Å². The standard InChI is InChI=1S/C32H46N6O4/c1-23(40)26(19-39)37(5)20-31(2,21-42-6)15-11-16-32(3,33)28-27-25(14-10-17-34-4)18-38(29(27)36-22-35-28)30(41)24-12-8-7-9-13-24/h7-9,11-13,16,18,22,26,34,39-40H,1,10,14-15,17,19-21,33H2,2-6H3/b16-11-. The van der Waals surface area contributed by atoms with Crippen LogP contribution in [0.2, 0.25) is 0 Å². The van der Waals surface area contributed by atoms with Crippen molar-refractivity contribution in [2.45, 2.75) is 44.7 Å². The fraction of sp³-hybridized carbons (Fsp3) is 0.469. The van der Waals surface area contributed by atoms with Crippen LogP contribution in [0.25, 0.3) is 11.0 Å². The summed E-state index contributed by atoms with van der Waals surface area (Å²) < 4.78 is 7.13. The van der Waals surface area contributed by atoms with Gasteiger partial charge in [-0.25, -0.2) is 9.97 Å². The van der Waals surface area contributed by atoms with Gasteiger partial charge in [0.15, 0.2) is 5.65 Å². The van der Waals surface area contributed by atoms with Gasteiger partial charge in [0.05, 0.1) is 30.5 Å². The molecule has 10 nitrogen and oxygen atoms in total. The van der Waals surface area contributed by atoms with Crippen LogP contribution in [0, 0.1) is 5.41 Å². The molecule has 5 N–H and O–H groups in total. The number of aliphatic hydroxyl groups is 2. The molecule has 0 aliphatic heterocycles. The second-order valence-corrected chi connectivity index (χ2v) is 11.6. The molecule has 0 radical (unpaired) electrons. The summed E-state index contributed by atoms with van der Waals surface area (Å²) in [6.07, 6.45) is 9.51. The first kappa shape index (κ1) is 33.1. The molecule has 0 amide bonds. The molecule has 3 rings (SSSR count). The number of hydrogen-bond acceptors (Lipinski definition) is 9. The summed E-state index contributed by atoms with van der Waals surface area (Å²) >= 11 is 0. The van der Waals surface area contributed by atoms with E-state index in [1.807, 2.05) is 62.5 Å².